The summed E-state index contributed by atoms with van der Waals surface area (Å²) in [4.78, 5) is 11.3. The lowest BCUT2D eigenvalue weighted by Gasteiger charge is -2.14. The molecule has 0 saturated carbocycles. The van der Waals surface area contributed by atoms with Gasteiger partial charge in [-0.3, -0.25) is 0 Å². The topological polar surface area (TPSA) is 44.8 Å². The molecule has 0 aliphatic heterocycles. The molecule has 0 atom stereocenters. The summed E-state index contributed by atoms with van der Waals surface area (Å²) in [6, 6.07) is 4.94. The van der Waals surface area contributed by atoms with E-state index in [1.807, 2.05) is 13.8 Å². The summed E-state index contributed by atoms with van der Waals surface area (Å²) >= 11 is 0. The van der Waals surface area contributed by atoms with Crippen LogP contribution in [0.1, 0.15) is 24.2 Å². The van der Waals surface area contributed by atoms with Crippen molar-refractivity contribution in [3.63, 3.8) is 0 Å². The van der Waals surface area contributed by atoms with Gasteiger partial charge in [0.15, 0.2) is 11.5 Å². The summed E-state index contributed by atoms with van der Waals surface area (Å²) in [6.07, 6.45) is 0.0156. The number of ether oxygens (including phenoxy) is 3. The molecule has 0 bridgehead atoms. The molecule has 0 spiro atoms. The largest absolute Gasteiger partial charge is 0.493 e. The highest BCUT2D eigenvalue weighted by Crippen LogP contribution is 2.29. The van der Waals surface area contributed by atoms with Gasteiger partial charge in [-0.15, -0.1) is 0 Å². The Morgan fingerprint density at radius 1 is 1.19 bits per heavy atom. The molecule has 16 heavy (non-hydrogen) atoms. The number of carbonyl (C=O) groups is 1. The van der Waals surface area contributed by atoms with E-state index in [2.05, 4.69) is 4.74 Å². The highest BCUT2D eigenvalue weighted by Gasteiger charge is 2.12. The first kappa shape index (κ1) is 12.4. The molecule has 0 radical (unpaired) electrons. The van der Waals surface area contributed by atoms with E-state index < -0.39 is 5.97 Å². The lowest BCUT2D eigenvalue weighted by molar-refractivity contribution is 0.0600. The maximum absolute atomic E-state index is 11.3. The predicted octanol–water partition coefficient (Wildman–Crippen LogP) is 2.27. The van der Waals surface area contributed by atoms with Gasteiger partial charge in [-0.1, -0.05) is 0 Å². The van der Waals surface area contributed by atoms with Crippen LogP contribution >= 0.6 is 0 Å². The van der Waals surface area contributed by atoms with Crippen molar-refractivity contribution in [2.45, 2.75) is 20.0 Å². The Hall–Kier alpha value is -1.71. The van der Waals surface area contributed by atoms with Crippen LogP contribution < -0.4 is 9.47 Å². The average Bonchev–Trinajstić information content (AvgIpc) is 2.27. The van der Waals surface area contributed by atoms with Crippen molar-refractivity contribution in [3.05, 3.63) is 23.8 Å². The van der Waals surface area contributed by atoms with Crippen molar-refractivity contribution in [1.82, 2.24) is 0 Å². The third-order valence-electron chi connectivity index (χ3n) is 1.95. The van der Waals surface area contributed by atoms with Gasteiger partial charge in [0.05, 0.1) is 25.9 Å². The van der Waals surface area contributed by atoms with Crippen LogP contribution in [0.3, 0.4) is 0 Å². The molecular formula is C12H16O4. The number of rotatable bonds is 4. The standard InChI is InChI=1S/C12H16O4/c1-8(2)16-11-7-9(12(13)15-4)5-6-10(11)14-3/h5-8H,1-4H3. The van der Waals surface area contributed by atoms with E-state index in [-0.39, 0.29) is 6.10 Å². The van der Waals surface area contributed by atoms with E-state index in [9.17, 15) is 4.79 Å². The molecule has 4 nitrogen and oxygen atoms in total. The van der Waals surface area contributed by atoms with Crippen LogP contribution in [0.15, 0.2) is 18.2 Å². The lowest BCUT2D eigenvalue weighted by atomic mass is 10.2. The van der Waals surface area contributed by atoms with E-state index in [1.165, 1.54) is 7.11 Å². The van der Waals surface area contributed by atoms with Gasteiger partial charge in [-0.05, 0) is 32.0 Å². The maximum Gasteiger partial charge on any atom is 0.337 e. The van der Waals surface area contributed by atoms with Crippen LogP contribution in [0.2, 0.25) is 0 Å². The number of carbonyl (C=O) groups excluding carboxylic acids is 1. The quantitative estimate of drug-likeness (QED) is 0.736. The molecule has 0 heterocycles. The molecule has 1 rings (SSSR count). The van der Waals surface area contributed by atoms with E-state index in [0.29, 0.717) is 17.1 Å². The van der Waals surface area contributed by atoms with E-state index in [4.69, 9.17) is 9.47 Å². The van der Waals surface area contributed by atoms with Crippen molar-refractivity contribution in [3.8, 4) is 11.5 Å². The zero-order valence-corrected chi connectivity index (χ0v) is 9.94. The molecule has 0 amide bonds. The molecule has 88 valence electrons. The van der Waals surface area contributed by atoms with E-state index in [0.717, 1.165) is 0 Å². The molecule has 0 aromatic heterocycles. The fourth-order valence-electron chi connectivity index (χ4n) is 1.27. The van der Waals surface area contributed by atoms with Crippen LogP contribution in [0.4, 0.5) is 0 Å². The van der Waals surface area contributed by atoms with Crippen LogP contribution in [0.5, 0.6) is 11.5 Å². The molecule has 0 aliphatic rings. The molecule has 1 aromatic rings. The average molecular weight is 224 g/mol. The summed E-state index contributed by atoms with van der Waals surface area (Å²) in [5.74, 6) is 0.748. The smallest absolute Gasteiger partial charge is 0.337 e. The Morgan fingerprint density at radius 3 is 2.38 bits per heavy atom. The fraction of sp³-hybridized carbons (Fsp3) is 0.417. The Balaban J connectivity index is 3.05. The number of methoxy groups -OCH3 is 2. The highest BCUT2D eigenvalue weighted by atomic mass is 16.5. The monoisotopic (exact) mass is 224 g/mol. The van der Waals surface area contributed by atoms with Gasteiger partial charge in [0.2, 0.25) is 0 Å². The minimum atomic E-state index is -0.392. The molecule has 4 heteroatoms. The molecule has 0 unspecified atom stereocenters. The number of esters is 1. The first-order valence-electron chi connectivity index (χ1n) is 5.01. The number of hydrogen-bond acceptors (Lipinski definition) is 4. The van der Waals surface area contributed by atoms with Crippen molar-refractivity contribution in [2.24, 2.45) is 0 Å². The Morgan fingerprint density at radius 2 is 1.88 bits per heavy atom. The van der Waals surface area contributed by atoms with Gasteiger partial charge in [-0.25, -0.2) is 4.79 Å². The van der Waals surface area contributed by atoms with Crippen LogP contribution in [0.25, 0.3) is 0 Å². The second kappa shape index (κ2) is 5.39. The maximum atomic E-state index is 11.3. The van der Waals surface area contributed by atoms with Crippen molar-refractivity contribution in [1.29, 1.82) is 0 Å². The molecule has 0 saturated heterocycles. The van der Waals surface area contributed by atoms with Gasteiger partial charge in [0.25, 0.3) is 0 Å². The van der Waals surface area contributed by atoms with Crippen molar-refractivity contribution >= 4 is 5.97 Å². The van der Waals surface area contributed by atoms with Gasteiger partial charge in [-0.2, -0.15) is 0 Å². The van der Waals surface area contributed by atoms with Crippen LogP contribution in [0, 0.1) is 0 Å². The van der Waals surface area contributed by atoms with Crippen LogP contribution in [-0.4, -0.2) is 26.3 Å². The minimum Gasteiger partial charge on any atom is -0.493 e. The molecule has 0 aliphatic carbocycles. The number of benzene rings is 1. The van der Waals surface area contributed by atoms with Gasteiger partial charge in [0.1, 0.15) is 0 Å². The van der Waals surface area contributed by atoms with Crippen molar-refractivity contribution < 1.29 is 19.0 Å². The summed E-state index contributed by atoms with van der Waals surface area (Å²) in [5.41, 5.74) is 0.443. The van der Waals surface area contributed by atoms with Crippen LogP contribution in [-0.2, 0) is 4.74 Å². The lowest BCUT2D eigenvalue weighted by Crippen LogP contribution is -2.08. The van der Waals surface area contributed by atoms with E-state index >= 15 is 0 Å². The zero-order chi connectivity index (χ0) is 12.1. The molecule has 0 fully saturated rings. The summed E-state index contributed by atoms with van der Waals surface area (Å²) in [7, 11) is 2.90. The summed E-state index contributed by atoms with van der Waals surface area (Å²) in [5, 5.41) is 0. The second-order valence-corrected chi connectivity index (χ2v) is 3.52. The third-order valence-corrected chi connectivity index (χ3v) is 1.95. The first-order valence-corrected chi connectivity index (χ1v) is 5.01. The number of hydrogen-bond donors (Lipinski definition) is 0. The Kier molecular flexibility index (Phi) is 4.17. The van der Waals surface area contributed by atoms with Gasteiger partial charge >= 0.3 is 5.97 Å². The Labute approximate surface area is 95.1 Å². The summed E-state index contributed by atoms with van der Waals surface area (Å²) in [6.45, 7) is 3.81. The molecule has 0 N–H and O–H groups in total. The SMILES string of the molecule is COC(=O)c1ccc(OC)c(OC(C)C)c1. The van der Waals surface area contributed by atoms with Crippen molar-refractivity contribution in [2.75, 3.05) is 14.2 Å². The third kappa shape index (κ3) is 2.89. The molecular weight excluding hydrogens is 208 g/mol. The minimum absolute atomic E-state index is 0.0156. The highest BCUT2D eigenvalue weighted by molar-refractivity contribution is 5.90. The molecule has 1 aromatic carbocycles. The second-order valence-electron chi connectivity index (χ2n) is 3.52. The summed E-state index contributed by atoms with van der Waals surface area (Å²) < 4.78 is 15.3. The van der Waals surface area contributed by atoms with Gasteiger partial charge < -0.3 is 14.2 Å². The van der Waals surface area contributed by atoms with Gasteiger partial charge in [0, 0.05) is 0 Å². The zero-order valence-electron chi connectivity index (χ0n) is 9.94. The first-order chi connectivity index (χ1) is 7.58. The fourth-order valence-corrected chi connectivity index (χ4v) is 1.27. The Bertz CT molecular complexity index is 371. The van der Waals surface area contributed by atoms with E-state index in [1.54, 1.807) is 25.3 Å². The predicted molar refractivity (Wildman–Crippen MR) is 60.1 cm³/mol. The normalized spacial score (nSPS) is 10.1.